The number of aryl methyl sites for hydroxylation is 1. The lowest BCUT2D eigenvalue weighted by atomic mass is 10.0. The van der Waals surface area contributed by atoms with Gasteiger partial charge in [-0.1, -0.05) is 13.8 Å². The third-order valence-corrected chi connectivity index (χ3v) is 5.42. The van der Waals surface area contributed by atoms with Gasteiger partial charge < -0.3 is 14.9 Å². The molecule has 1 aromatic heterocycles. The number of carbonyl (C=O) groups is 2. The van der Waals surface area contributed by atoms with Crippen molar-refractivity contribution in [1.29, 1.82) is 0 Å². The summed E-state index contributed by atoms with van der Waals surface area (Å²) < 4.78 is 0. The lowest BCUT2D eigenvalue weighted by Gasteiger charge is -2.36. The Morgan fingerprint density at radius 2 is 1.77 bits per heavy atom. The molecule has 1 aliphatic heterocycles. The maximum atomic E-state index is 12.7. The van der Waals surface area contributed by atoms with Crippen molar-refractivity contribution in [3.63, 3.8) is 0 Å². The van der Waals surface area contributed by atoms with Gasteiger partial charge in [-0.15, -0.1) is 0 Å². The van der Waals surface area contributed by atoms with Crippen LogP contribution in [0.1, 0.15) is 50.5 Å². The zero-order valence-electron chi connectivity index (χ0n) is 15.8. The Morgan fingerprint density at radius 3 is 2.35 bits per heavy atom. The van der Waals surface area contributed by atoms with Crippen LogP contribution in [-0.2, 0) is 9.59 Å². The molecule has 1 N–H and O–H groups in total. The summed E-state index contributed by atoms with van der Waals surface area (Å²) in [6.07, 6.45) is 1.79. The van der Waals surface area contributed by atoms with Crippen LogP contribution in [0.3, 0.4) is 0 Å². The number of amides is 1. The normalized spacial score (nSPS) is 23.5. The molecule has 3 rings (SSSR count). The molecule has 0 spiro atoms. The zero-order chi connectivity index (χ0) is 18.8. The fourth-order valence-electron chi connectivity index (χ4n) is 3.84. The maximum absolute atomic E-state index is 12.7. The van der Waals surface area contributed by atoms with Gasteiger partial charge in [-0.25, -0.2) is 9.97 Å². The zero-order valence-corrected chi connectivity index (χ0v) is 15.8. The number of carboxylic acids is 1. The van der Waals surface area contributed by atoms with Gasteiger partial charge in [0.25, 0.3) is 0 Å². The third kappa shape index (κ3) is 3.97. The summed E-state index contributed by atoms with van der Waals surface area (Å²) >= 11 is 0. The Kier molecular flexibility index (Phi) is 5.44. The van der Waals surface area contributed by atoms with E-state index < -0.39 is 5.97 Å². The monoisotopic (exact) mass is 360 g/mol. The number of hydrogen-bond donors (Lipinski definition) is 1. The van der Waals surface area contributed by atoms with Crippen molar-refractivity contribution >= 4 is 17.7 Å². The number of nitrogens with zero attached hydrogens (tertiary/aromatic N) is 4. The van der Waals surface area contributed by atoms with Crippen molar-refractivity contribution in [1.82, 2.24) is 14.9 Å². The number of piperazine rings is 1. The average molecular weight is 360 g/mol. The van der Waals surface area contributed by atoms with E-state index in [9.17, 15) is 9.59 Å². The molecule has 1 amide bonds. The summed E-state index contributed by atoms with van der Waals surface area (Å²) in [5, 5.41) is 9.12. The maximum Gasteiger partial charge on any atom is 0.306 e. The van der Waals surface area contributed by atoms with Gasteiger partial charge in [0.15, 0.2) is 0 Å². The number of aliphatic carboxylic acids is 1. The molecule has 1 aliphatic carbocycles. The van der Waals surface area contributed by atoms with Gasteiger partial charge in [-0.2, -0.15) is 0 Å². The molecule has 2 aliphatic rings. The molecule has 0 radical (unpaired) electrons. The molecule has 26 heavy (non-hydrogen) atoms. The highest BCUT2D eigenvalue weighted by Gasteiger charge is 2.36. The molecular formula is C19H28N4O3. The van der Waals surface area contributed by atoms with Crippen molar-refractivity contribution in [3.8, 4) is 0 Å². The van der Waals surface area contributed by atoms with E-state index in [2.05, 4.69) is 28.7 Å². The molecule has 2 fully saturated rings. The van der Waals surface area contributed by atoms with E-state index >= 15 is 0 Å². The highest BCUT2D eigenvalue weighted by Crippen LogP contribution is 2.32. The molecule has 1 aromatic rings. The summed E-state index contributed by atoms with van der Waals surface area (Å²) in [5.74, 6) is 0.922. The Balaban J connectivity index is 1.59. The van der Waals surface area contributed by atoms with Crippen LogP contribution >= 0.6 is 0 Å². The van der Waals surface area contributed by atoms with Crippen molar-refractivity contribution in [2.45, 2.75) is 46.0 Å². The first-order valence-corrected chi connectivity index (χ1v) is 9.47. The molecule has 1 saturated carbocycles. The van der Waals surface area contributed by atoms with Crippen molar-refractivity contribution < 1.29 is 14.7 Å². The summed E-state index contributed by atoms with van der Waals surface area (Å²) in [6, 6.07) is 2.00. The molecule has 142 valence electrons. The highest BCUT2D eigenvalue weighted by atomic mass is 16.4. The first kappa shape index (κ1) is 18.6. The lowest BCUT2D eigenvalue weighted by Crippen LogP contribution is -2.50. The minimum Gasteiger partial charge on any atom is -0.481 e. The number of carboxylic acid groups (broad SMARTS) is 1. The van der Waals surface area contributed by atoms with Crippen LogP contribution in [0.15, 0.2) is 6.07 Å². The minimum atomic E-state index is -0.773. The van der Waals surface area contributed by atoms with Gasteiger partial charge in [0.2, 0.25) is 5.91 Å². The Morgan fingerprint density at radius 1 is 1.12 bits per heavy atom. The van der Waals surface area contributed by atoms with E-state index in [1.54, 1.807) is 0 Å². The predicted molar refractivity (Wildman–Crippen MR) is 98.1 cm³/mol. The fourth-order valence-corrected chi connectivity index (χ4v) is 3.84. The van der Waals surface area contributed by atoms with Crippen molar-refractivity contribution in [3.05, 3.63) is 17.6 Å². The number of rotatable bonds is 4. The van der Waals surface area contributed by atoms with Gasteiger partial charge in [0.1, 0.15) is 11.6 Å². The lowest BCUT2D eigenvalue weighted by molar-refractivity contribution is -0.141. The smallest absolute Gasteiger partial charge is 0.306 e. The molecule has 7 heteroatoms. The van der Waals surface area contributed by atoms with Crippen molar-refractivity contribution in [2.75, 3.05) is 31.1 Å². The van der Waals surface area contributed by atoms with E-state index in [0.717, 1.165) is 30.4 Å². The topological polar surface area (TPSA) is 86.6 Å². The molecule has 0 aromatic carbocycles. The molecule has 1 saturated heterocycles. The quantitative estimate of drug-likeness (QED) is 0.884. The average Bonchev–Trinajstić information content (AvgIpc) is 3.11. The van der Waals surface area contributed by atoms with Gasteiger partial charge in [-0.05, 0) is 26.2 Å². The Labute approximate surface area is 154 Å². The van der Waals surface area contributed by atoms with Gasteiger partial charge in [-0.3, -0.25) is 9.59 Å². The minimum absolute atomic E-state index is 0.120. The van der Waals surface area contributed by atoms with Crippen LogP contribution < -0.4 is 4.90 Å². The standard InChI is InChI=1S/C19H28N4O3/c1-12(2)17-20-13(3)10-16(21-17)22-6-8-23(9-7-22)18(24)14-4-5-15(11-14)19(25)26/h10,12,14-15H,4-9,11H2,1-3H3,(H,25,26)/t14-,15+/m1/s1. The molecule has 0 unspecified atom stereocenters. The summed E-state index contributed by atoms with van der Waals surface area (Å²) in [6.45, 7) is 8.96. The van der Waals surface area contributed by atoms with E-state index in [0.29, 0.717) is 32.4 Å². The summed E-state index contributed by atoms with van der Waals surface area (Å²) in [7, 11) is 0. The first-order valence-electron chi connectivity index (χ1n) is 9.47. The van der Waals surface area contributed by atoms with Crippen LogP contribution in [-0.4, -0.2) is 58.0 Å². The third-order valence-electron chi connectivity index (χ3n) is 5.42. The molecule has 2 atom stereocenters. The number of aromatic nitrogens is 2. The van der Waals surface area contributed by atoms with E-state index in [-0.39, 0.29) is 23.7 Å². The second kappa shape index (κ2) is 7.60. The molecule has 7 nitrogen and oxygen atoms in total. The number of carbonyl (C=O) groups excluding carboxylic acids is 1. The van der Waals surface area contributed by atoms with Gasteiger partial charge >= 0.3 is 5.97 Å². The molecular weight excluding hydrogens is 332 g/mol. The van der Waals surface area contributed by atoms with Crippen LogP contribution in [0.2, 0.25) is 0 Å². The highest BCUT2D eigenvalue weighted by molar-refractivity contribution is 5.81. The van der Waals surface area contributed by atoms with Crippen LogP contribution in [0, 0.1) is 18.8 Å². The summed E-state index contributed by atoms with van der Waals surface area (Å²) in [4.78, 5) is 37.1. The van der Waals surface area contributed by atoms with Crippen LogP contribution in [0.4, 0.5) is 5.82 Å². The Hall–Kier alpha value is -2.18. The van der Waals surface area contributed by atoms with E-state index in [1.807, 2.05) is 17.9 Å². The molecule has 2 heterocycles. The molecule has 0 bridgehead atoms. The Bertz CT molecular complexity index is 683. The summed E-state index contributed by atoms with van der Waals surface area (Å²) in [5.41, 5.74) is 0.961. The van der Waals surface area contributed by atoms with Crippen LogP contribution in [0.25, 0.3) is 0 Å². The first-order chi connectivity index (χ1) is 12.3. The van der Waals surface area contributed by atoms with Crippen LogP contribution in [0.5, 0.6) is 0 Å². The second-order valence-corrected chi connectivity index (χ2v) is 7.74. The number of hydrogen-bond acceptors (Lipinski definition) is 5. The van der Waals surface area contributed by atoms with E-state index in [4.69, 9.17) is 5.11 Å². The van der Waals surface area contributed by atoms with Gasteiger partial charge in [0.05, 0.1) is 5.92 Å². The van der Waals surface area contributed by atoms with Crippen molar-refractivity contribution in [2.24, 2.45) is 11.8 Å². The SMILES string of the molecule is Cc1cc(N2CCN(C(=O)[C@@H]3CC[C@H](C(=O)O)C3)CC2)nc(C(C)C)n1. The second-order valence-electron chi connectivity index (χ2n) is 7.74. The largest absolute Gasteiger partial charge is 0.481 e. The van der Waals surface area contributed by atoms with E-state index in [1.165, 1.54) is 0 Å². The predicted octanol–water partition coefficient (Wildman–Crippen LogP) is 2.06. The number of anilines is 1. The fraction of sp³-hybridized carbons (Fsp3) is 0.684. The van der Waals surface area contributed by atoms with Gasteiger partial charge in [0, 0.05) is 49.8 Å².